The lowest BCUT2D eigenvalue weighted by atomic mass is 10.2. The zero-order valence-corrected chi connectivity index (χ0v) is 23.3. The molecule has 0 N–H and O–H groups in total. The Hall–Kier alpha value is 1.47. The minimum atomic E-state index is -3.87. The second-order valence-corrected chi connectivity index (χ2v) is 19.3. The van der Waals surface area contributed by atoms with Crippen LogP contribution in [0.2, 0.25) is 20.1 Å². The van der Waals surface area contributed by atoms with E-state index >= 15 is 0 Å². The van der Waals surface area contributed by atoms with Crippen molar-refractivity contribution in [1.29, 1.82) is 0 Å². The molecule has 0 atom stereocenters. The van der Waals surface area contributed by atoms with Gasteiger partial charge in [-0.05, 0) is 35.4 Å². The van der Waals surface area contributed by atoms with E-state index in [1.165, 1.54) is 0 Å². The predicted molar refractivity (Wildman–Crippen MR) is 130 cm³/mol. The lowest BCUT2D eigenvalue weighted by Crippen LogP contribution is -2.40. The maximum atomic E-state index is 13.3. The van der Waals surface area contributed by atoms with Crippen LogP contribution in [-0.2, 0) is 22.7 Å². The van der Waals surface area contributed by atoms with E-state index in [1.54, 1.807) is 36.4 Å². The Kier molecular flexibility index (Phi) is 8.53. The second-order valence-electron chi connectivity index (χ2n) is 5.63. The van der Waals surface area contributed by atoms with Crippen LogP contribution in [0.1, 0.15) is 11.1 Å². The van der Waals surface area contributed by atoms with Crippen molar-refractivity contribution < 1.29 is 8.42 Å². The van der Waals surface area contributed by atoms with Crippen LogP contribution in [0, 0.1) is 0 Å². The first-order valence-electron chi connectivity index (χ1n) is 7.14. The number of hydrogen-bond acceptors (Lipinski definition) is 2. The highest BCUT2D eigenvalue weighted by molar-refractivity contribution is 9.31. The van der Waals surface area contributed by atoms with Crippen LogP contribution >= 0.6 is 110 Å². The molecule has 0 fully saturated rings. The van der Waals surface area contributed by atoms with Crippen molar-refractivity contribution in [1.82, 2.24) is 0 Å². The molecule has 0 bridgehead atoms. The number of hydrogen-bond donors (Lipinski definition) is 0. The molecule has 2 aromatic carbocycles. The minimum absolute atomic E-state index is 0.104. The van der Waals surface area contributed by atoms with Gasteiger partial charge in [0.15, 0.2) is 5.13 Å². The molecule has 0 aliphatic heterocycles. The molecule has 0 saturated carbocycles. The van der Waals surface area contributed by atoms with Crippen molar-refractivity contribution in [2.24, 2.45) is 0 Å². The van der Waals surface area contributed by atoms with Crippen LogP contribution in [0.25, 0.3) is 0 Å². The molecule has 0 amide bonds. The Balaban J connectivity index is 2.31. The van der Waals surface area contributed by atoms with Crippen molar-refractivity contribution in [2.75, 3.05) is 0 Å². The largest absolute Gasteiger partial charge is 0.224 e. The SMILES string of the molecule is O=S(=O)(C(Br)(Br)Cc1ccc(Cl)c(Cl)c1)C(Br)(Br)Cc1ccc(Cl)c(Cl)c1. The summed E-state index contributed by atoms with van der Waals surface area (Å²) in [6, 6.07) is 9.91. The van der Waals surface area contributed by atoms with E-state index in [-0.39, 0.29) is 12.8 Å². The quantitative estimate of drug-likeness (QED) is 0.281. The molecule has 2 aromatic rings. The molecular weight excluding hydrogens is 718 g/mol. The van der Waals surface area contributed by atoms with Gasteiger partial charge in [0, 0.05) is 12.8 Å². The number of halogens is 8. The smallest absolute Gasteiger partial charge is 0.202 e. The standard InChI is InChI=1S/C16H10Br4Cl4O2S/c17-15(18,7-9-1-3-11(21)13(23)5-9)27(25,26)16(19,20)8-10-2-4-12(22)14(24)6-10/h1-6H,7-8H2. The lowest BCUT2D eigenvalue weighted by molar-refractivity contribution is 0.585. The molecule has 0 heterocycles. The summed E-state index contributed by atoms with van der Waals surface area (Å²) in [5, 5.41) is 1.49. The summed E-state index contributed by atoms with van der Waals surface area (Å²) in [5.74, 6) is 0. The van der Waals surface area contributed by atoms with Crippen LogP contribution in [-0.4, -0.2) is 13.5 Å². The molecule has 0 aliphatic rings. The number of rotatable bonds is 6. The van der Waals surface area contributed by atoms with Crippen LogP contribution in [0.15, 0.2) is 36.4 Å². The van der Waals surface area contributed by atoms with Crippen molar-refractivity contribution in [2.45, 2.75) is 18.0 Å². The van der Waals surface area contributed by atoms with Gasteiger partial charge in [-0.3, -0.25) is 0 Å². The van der Waals surface area contributed by atoms with E-state index in [1.807, 2.05) is 0 Å². The Morgan fingerprint density at radius 1 is 0.667 bits per heavy atom. The molecule has 11 heteroatoms. The molecular formula is C16H10Br4Cl4O2S. The highest BCUT2D eigenvalue weighted by Gasteiger charge is 2.52. The fourth-order valence-electron chi connectivity index (χ4n) is 2.18. The van der Waals surface area contributed by atoms with E-state index in [2.05, 4.69) is 63.7 Å². The van der Waals surface area contributed by atoms with Gasteiger partial charge < -0.3 is 0 Å². The van der Waals surface area contributed by atoms with Crippen molar-refractivity contribution in [3.8, 4) is 0 Å². The number of sulfone groups is 1. The highest BCUT2D eigenvalue weighted by atomic mass is 79.9. The summed E-state index contributed by atoms with van der Waals surface area (Å²) in [5.41, 5.74) is 1.37. The van der Waals surface area contributed by atoms with Crippen molar-refractivity contribution >= 4 is 120 Å². The Labute approximate surface area is 211 Å². The lowest BCUT2D eigenvalue weighted by Gasteiger charge is -2.30. The molecule has 2 nitrogen and oxygen atoms in total. The summed E-state index contributed by atoms with van der Waals surface area (Å²) < 4.78 is 23.6. The average molecular weight is 728 g/mol. The molecule has 0 unspecified atom stereocenters. The van der Waals surface area contributed by atoms with Gasteiger partial charge in [-0.2, -0.15) is 0 Å². The molecule has 27 heavy (non-hydrogen) atoms. The molecule has 0 aliphatic carbocycles. The third-order valence-corrected chi connectivity index (χ3v) is 13.1. The zero-order valence-electron chi connectivity index (χ0n) is 13.1. The van der Waals surface area contributed by atoms with Crippen molar-refractivity contribution in [3.63, 3.8) is 0 Å². The molecule has 0 aromatic heterocycles. The van der Waals surface area contributed by atoms with Gasteiger partial charge in [0.1, 0.15) is 0 Å². The Bertz CT molecular complexity index is 893. The topological polar surface area (TPSA) is 34.1 Å². The van der Waals surface area contributed by atoms with E-state index in [9.17, 15) is 8.42 Å². The molecule has 148 valence electrons. The Morgan fingerprint density at radius 3 is 1.30 bits per heavy atom. The van der Waals surface area contributed by atoms with Gasteiger partial charge in [-0.25, -0.2) is 8.42 Å². The van der Waals surface area contributed by atoms with Crippen LogP contribution in [0.4, 0.5) is 0 Å². The van der Waals surface area contributed by atoms with Gasteiger partial charge >= 0.3 is 0 Å². The fraction of sp³-hybridized carbons (Fsp3) is 0.250. The van der Waals surface area contributed by atoms with Crippen LogP contribution < -0.4 is 0 Å². The third kappa shape index (κ3) is 5.79. The van der Waals surface area contributed by atoms with E-state index < -0.39 is 15.0 Å². The molecule has 0 saturated heterocycles. The van der Waals surface area contributed by atoms with Gasteiger partial charge in [0.05, 0.1) is 20.1 Å². The summed E-state index contributed by atoms with van der Waals surface area (Å²) in [4.78, 5) is 0. The first-order valence-corrected chi connectivity index (χ1v) is 13.3. The average Bonchev–Trinajstić information content (AvgIpc) is 2.53. The predicted octanol–water partition coefficient (Wildman–Crippen LogP) is 8.39. The third-order valence-electron chi connectivity index (χ3n) is 3.57. The highest BCUT2D eigenvalue weighted by Crippen LogP contribution is 2.49. The maximum absolute atomic E-state index is 13.3. The molecule has 0 radical (unpaired) electrons. The van der Waals surface area contributed by atoms with Crippen LogP contribution in [0.5, 0.6) is 0 Å². The maximum Gasteiger partial charge on any atom is 0.202 e. The first-order chi connectivity index (χ1) is 12.3. The second kappa shape index (κ2) is 9.31. The van der Waals surface area contributed by atoms with E-state index in [0.29, 0.717) is 31.2 Å². The van der Waals surface area contributed by atoms with Crippen molar-refractivity contribution in [3.05, 3.63) is 67.6 Å². The summed E-state index contributed by atoms with van der Waals surface area (Å²) in [7, 11) is -3.87. The molecule has 2 rings (SSSR count). The van der Waals surface area contributed by atoms with Gasteiger partial charge in [0.2, 0.25) is 9.84 Å². The van der Waals surface area contributed by atoms with Crippen LogP contribution in [0.3, 0.4) is 0 Å². The first kappa shape index (κ1) is 24.7. The van der Waals surface area contributed by atoms with Gasteiger partial charge in [0.25, 0.3) is 0 Å². The summed E-state index contributed by atoms with van der Waals surface area (Å²) in [6.45, 7) is 0. The van der Waals surface area contributed by atoms with E-state index in [4.69, 9.17) is 46.4 Å². The zero-order chi connectivity index (χ0) is 20.6. The Morgan fingerprint density at radius 2 is 1.00 bits per heavy atom. The summed E-state index contributed by atoms with van der Waals surface area (Å²) in [6.07, 6.45) is 0.207. The minimum Gasteiger partial charge on any atom is -0.224 e. The monoisotopic (exact) mass is 722 g/mol. The fourth-order valence-corrected chi connectivity index (χ4v) is 11.2. The molecule has 0 spiro atoms. The number of benzene rings is 2. The normalized spacial score (nSPS) is 13.0. The summed E-state index contributed by atoms with van der Waals surface area (Å²) >= 11 is 37.1. The number of alkyl halides is 4. The van der Waals surface area contributed by atoms with Gasteiger partial charge in [-0.15, -0.1) is 0 Å². The van der Waals surface area contributed by atoms with Gasteiger partial charge in [-0.1, -0.05) is 122 Å². The van der Waals surface area contributed by atoms with E-state index in [0.717, 1.165) is 0 Å².